The van der Waals surface area contributed by atoms with E-state index in [-0.39, 0.29) is 5.56 Å². The fourth-order valence-electron chi connectivity index (χ4n) is 1.40. The molecular formula is C11H15N3O5. The maximum atomic E-state index is 11.8. The molecule has 1 aromatic rings. The average molecular weight is 269 g/mol. The molecule has 0 aliphatic heterocycles. The molecule has 8 nitrogen and oxygen atoms in total. The second kappa shape index (κ2) is 5.51. The topological polar surface area (TPSA) is 121 Å². The second-order valence-electron chi connectivity index (χ2n) is 4.22. The predicted molar refractivity (Wildman–Crippen MR) is 66.0 cm³/mol. The van der Waals surface area contributed by atoms with E-state index in [0.717, 1.165) is 4.57 Å². The van der Waals surface area contributed by atoms with Crippen LogP contribution in [-0.2, 0) is 9.59 Å². The SMILES string of the molecule is Cc1cn(C(C)C(=O)NC(C)C(=O)O)c(=O)[nH]c1=O. The zero-order chi connectivity index (χ0) is 14.7. The van der Waals surface area contributed by atoms with Crippen LogP contribution in [0.15, 0.2) is 15.8 Å². The van der Waals surface area contributed by atoms with Crippen LogP contribution in [0, 0.1) is 6.92 Å². The van der Waals surface area contributed by atoms with Gasteiger partial charge in [-0.25, -0.2) is 4.79 Å². The highest BCUT2D eigenvalue weighted by molar-refractivity contribution is 5.85. The number of H-pyrrole nitrogens is 1. The van der Waals surface area contributed by atoms with E-state index >= 15 is 0 Å². The Labute approximate surface area is 108 Å². The summed E-state index contributed by atoms with van der Waals surface area (Å²) >= 11 is 0. The summed E-state index contributed by atoms with van der Waals surface area (Å²) in [4.78, 5) is 47.3. The third kappa shape index (κ3) is 3.30. The number of amides is 1. The van der Waals surface area contributed by atoms with E-state index < -0.39 is 35.2 Å². The molecular weight excluding hydrogens is 254 g/mol. The summed E-state index contributed by atoms with van der Waals surface area (Å²) in [6.45, 7) is 4.25. The fourth-order valence-corrected chi connectivity index (χ4v) is 1.40. The molecule has 2 atom stereocenters. The van der Waals surface area contributed by atoms with E-state index in [1.807, 2.05) is 0 Å². The number of aliphatic carboxylic acids is 1. The summed E-state index contributed by atoms with van der Waals surface area (Å²) in [6.07, 6.45) is 1.26. The molecule has 1 amide bonds. The van der Waals surface area contributed by atoms with Gasteiger partial charge in [0.15, 0.2) is 0 Å². The monoisotopic (exact) mass is 269 g/mol. The van der Waals surface area contributed by atoms with Crippen molar-refractivity contribution in [1.29, 1.82) is 0 Å². The van der Waals surface area contributed by atoms with Crippen LogP contribution in [0.5, 0.6) is 0 Å². The second-order valence-corrected chi connectivity index (χ2v) is 4.22. The van der Waals surface area contributed by atoms with Gasteiger partial charge in [0.2, 0.25) is 5.91 Å². The third-order valence-corrected chi connectivity index (χ3v) is 2.67. The maximum absolute atomic E-state index is 11.8. The van der Waals surface area contributed by atoms with E-state index in [0.29, 0.717) is 0 Å². The van der Waals surface area contributed by atoms with Crippen LogP contribution in [0.3, 0.4) is 0 Å². The minimum Gasteiger partial charge on any atom is -0.480 e. The van der Waals surface area contributed by atoms with Crippen LogP contribution in [0.4, 0.5) is 0 Å². The van der Waals surface area contributed by atoms with Gasteiger partial charge in [-0.2, -0.15) is 0 Å². The average Bonchev–Trinajstić information content (AvgIpc) is 2.32. The van der Waals surface area contributed by atoms with E-state index in [9.17, 15) is 19.2 Å². The van der Waals surface area contributed by atoms with Crippen molar-refractivity contribution in [2.24, 2.45) is 0 Å². The van der Waals surface area contributed by atoms with Crippen molar-refractivity contribution in [2.75, 3.05) is 0 Å². The number of aryl methyl sites for hydroxylation is 1. The van der Waals surface area contributed by atoms with Crippen molar-refractivity contribution >= 4 is 11.9 Å². The van der Waals surface area contributed by atoms with Gasteiger partial charge >= 0.3 is 11.7 Å². The minimum atomic E-state index is -1.18. The van der Waals surface area contributed by atoms with Crippen molar-refractivity contribution < 1.29 is 14.7 Å². The zero-order valence-corrected chi connectivity index (χ0v) is 10.8. The summed E-state index contributed by atoms with van der Waals surface area (Å²) in [5.74, 6) is -1.80. The number of aromatic amines is 1. The summed E-state index contributed by atoms with van der Waals surface area (Å²) in [7, 11) is 0. The lowest BCUT2D eigenvalue weighted by Gasteiger charge is -2.16. The molecule has 1 heterocycles. The van der Waals surface area contributed by atoms with Crippen LogP contribution in [0.25, 0.3) is 0 Å². The van der Waals surface area contributed by atoms with Gasteiger partial charge in [-0.1, -0.05) is 0 Å². The van der Waals surface area contributed by atoms with Gasteiger partial charge in [0.05, 0.1) is 0 Å². The molecule has 3 N–H and O–H groups in total. The number of carbonyl (C=O) groups excluding carboxylic acids is 1. The number of hydrogen-bond donors (Lipinski definition) is 3. The number of carbonyl (C=O) groups is 2. The predicted octanol–water partition coefficient (Wildman–Crippen LogP) is -1.00. The lowest BCUT2D eigenvalue weighted by molar-refractivity contribution is -0.141. The van der Waals surface area contributed by atoms with E-state index in [2.05, 4.69) is 10.3 Å². The van der Waals surface area contributed by atoms with Crippen molar-refractivity contribution in [3.8, 4) is 0 Å². The van der Waals surface area contributed by atoms with Gasteiger partial charge < -0.3 is 10.4 Å². The van der Waals surface area contributed by atoms with Crippen molar-refractivity contribution in [3.63, 3.8) is 0 Å². The van der Waals surface area contributed by atoms with Crippen LogP contribution >= 0.6 is 0 Å². The Morgan fingerprint density at radius 2 is 1.95 bits per heavy atom. The summed E-state index contributed by atoms with van der Waals surface area (Å²) in [6, 6.07) is -1.99. The number of hydrogen-bond acceptors (Lipinski definition) is 4. The summed E-state index contributed by atoms with van der Waals surface area (Å²) in [5, 5.41) is 10.9. The molecule has 0 saturated carbocycles. The first kappa shape index (κ1) is 14.7. The lowest BCUT2D eigenvalue weighted by Crippen LogP contribution is -2.44. The molecule has 0 aromatic carbocycles. The number of nitrogens with one attached hydrogen (secondary N) is 2. The third-order valence-electron chi connectivity index (χ3n) is 2.67. The molecule has 0 radical (unpaired) electrons. The summed E-state index contributed by atoms with van der Waals surface area (Å²) < 4.78 is 1.04. The van der Waals surface area contributed by atoms with Crippen LogP contribution < -0.4 is 16.6 Å². The largest absolute Gasteiger partial charge is 0.480 e. The van der Waals surface area contributed by atoms with Crippen molar-refractivity contribution in [2.45, 2.75) is 32.9 Å². The van der Waals surface area contributed by atoms with Gasteiger partial charge in [-0.3, -0.25) is 23.9 Å². The highest BCUT2D eigenvalue weighted by atomic mass is 16.4. The van der Waals surface area contributed by atoms with Gasteiger partial charge in [0.25, 0.3) is 5.56 Å². The molecule has 0 bridgehead atoms. The first-order valence-electron chi connectivity index (χ1n) is 5.59. The van der Waals surface area contributed by atoms with Gasteiger partial charge in [-0.05, 0) is 20.8 Å². The molecule has 0 spiro atoms. The van der Waals surface area contributed by atoms with Crippen LogP contribution in [0.2, 0.25) is 0 Å². The molecule has 19 heavy (non-hydrogen) atoms. The standard InChI is InChI=1S/C11H15N3O5/c1-5-4-14(11(19)13-8(5)15)7(3)9(16)12-6(2)10(17)18/h4,6-7H,1-3H3,(H,12,16)(H,17,18)(H,13,15,19). The van der Waals surface area contributed by atoms with Crippen LogP contribution in [0.1, 0.15) is 25.5 Å². The fraction of sp³-hybridized carbons (Fsp3) is 0.455. The molecule has 1 rings (SSSR count). The van der Waals surface area contributed by atoms with E-state index in [1.54, 1.807) is 0 Å². The smallest absolute Gasteiger partial charge is 0.329 e. The molecule has 0 aliphatic carbocycles. The zero-order valence-electron chi connectivity index (χ0n) is 10.8. The highest BCUT2D eigenvalue weighted by Gasteiger charge is 2.21. The molecule has 1 aromatic heterocycles. The Morgan fingerprint density at radius 1 is 1.37 bits per heavy atom. The minimum absolute atomic E-state index is 0.283. The van der Waals surface area contributed by atoms with Gasteiger partial charge in [0.1, 0.15) is 12.1 Å². The Balaban J connectivity index is 3.01. The Hall–Kier alpha value is -2.38. The van der Waals surface area contributed by atoms with E-state index in [1.165, 1.54) is 27.0 Å². The Bertz CT molecular complexity index is 615. The molecule has 2 unspecified atom stereocenters. The van der Waals surface area contributed by atoms with Crippen molar-refractivity contribution in [1.82, 2.24) is 14.9 Å². The van der Waals surface area contributed by atoms with Crippen molar-refractivity contribution in [3.05, 3.63) is 32.6 Å². The lowest BCUT2D eigenvalue weighted by atomic mass is 10.2. The molecule has 0 aliphatic rings. The normalized spacial score (nSPS) is 13.6. The maximum Gasteiger partial charge on any atom is 0.329 e. The molecule has 0 fully saturated rings. The molecule has 0 saturated heterocycles. The number of carboxylic acids is 1. The highest BCUT2D eigenvalue weighted by Crippen LogP contribution is 2.02. The quantitative estimate of drug-likeness (QED) is 0.647. The number of rotatable bonds is 4. The Kier molecular flexibility index (Phi) is 4.26. The Morgan fingerprint density at radius 3 is 2.47 bits per heavy atom. The summed E-state index contributed by atoms with van der Waals surface area (Å²) in [5.41, 5.74) is -0.959. The van der Waals surface area contributed by atoms with E-state index in [4.69, 9.17) is 5.11 Å². The molecule has 8 heteroatoms. The number of nitrogens with zero attached hydrogens (tertiary/aromatic N) is 1. The first-order chi connectivity index (χ1) is 8.73. The first-order valence-corrected chi connectivity index (χ1v) is 5.59. The van der Waals surface area contributed by atoms with Gasteiger partial charge in [0, 0.05) is 11.8 Å². The number of carboxylic acid groups (broad SMARTS) is 1. The number of aromatic nitrogens is 2. The molecule has 104 valence electrons. The van der Waals surface area contributed by atoms with Crippen LogP contribution in [-0.4, -0.2) is 32.6 Å². The van der Waals surface area contributed by atoms with Gasteiger partial charge in [-0.15, -0.1) is 0 Å².